The summed E-state index contributed by atoms with van der Waals surface area (Å²) in [6.07, 6.45) is 1.73. The molecule has 0 saturated carbocycles. The Morgan fingerprint density at radius 2 is 2.21 bits per heavy atom. The number of nitrogens with one attached hydrogen (secondary N) is 1. The molecule has 96 valence electrons. The summed E-state index contributed by atoms with van der Waals surface area (Å²) in [6.45, 7) is 0. The molecule has 0 saturated heterocycles. The lowest BCUT2D eigenvalue weighted by Gasteiger charge is -2.07. The number of aromatic nitrogens is 1. The van der Waals surface area contributed by atoms with Gasteiger partial charge in [0.2, 0.25) is 0 Å². The number of halogens is 2. The standard InChI is InChI=1S/C13H9BrFN3O/c1-18-7-9(14)5-12(18)13(19)17-11-3-2-8(6-16)4-10(11)15/h2-5,7H,1H3,(H,17,19). The molecule has 0 spiro atoms. The van der Waals surface area contributed by atoms with Gasteiger partial charge < -0.3 is 9.88 Å². The first-order chi connectivity index (χ1) is 9.01. The molecule has 1 amide bonds. The first kappa shape index (κ1) is 13.3. The summed E-state index contributed by atoms with van der Waals surface area (Å²) >= 11 is 3.26. The molecule has 2 rings (SSSR count). The van der Waals surface area contributed by atoms with Crippen LogP contribution in [0.5, 0.6) is 0 Å². The van der Waals surface area contributed by atoms with E-state index in [0.29, 0.717) is 5.69 Å². The number of anilines is 1. The molecule has 1 aromatic heterocycles. The van der Waals surface area contributed by atoms with Gasteiger partial charge in [-0.3, -0.25) is 4.79 Å². The quantitative estimate of drug-likeness (QED) is 0.924. The van der Waals surface area contributed by atoms with E-state index in [9.17, 15) is 9.18 Å². The van der Waals surface area contributed by atoms with Crippen molar-refractivity contribution in [3.8, 4) is 6.07 Å². The minimum absolute atomic E-state index is 0.0429. The summed E-state index contributed by atoms with van der Waals surface area (Å²) in [4.78, 5) is 12.0. The van der Waals surface area contributed by atoms with E-state index < -0.39 is 11.7 Å². The smallest absolute Gasteiger partial charge is 0.272 e. The highest BCUT2D eigenvalue weighted by Gasteiger charge is 2.13. The van der Waals surface area contributed by atoms with E-state index in [1.54, 1.807) is 23.9 Å². The molecule has 0 atom stereocenters. The minimum Gasteiger partial charge on any atom is -0.345 e. The van der Waals surface area contributed by atoms with Crippen molar-refractivity contribution in [1.29, 1.82) is 5.26 Å². The van der Waals surface area contributed by atoms with E-state index in [2.05, 4.69) is 21.2 Å². The second-order valence-corrected chi connectivity index (χ2v) is 4.83. The molecule has 0 unspecified atom stereocenters. The topological polar surface area (TPSA) is 57.8 Å². The van der Waals surface area contributed by atoms with Crippen LogP contribution in [0.1, 0.15) is 16.1 Å². The van der Waals surface area contributed by atoms with E-state index in [1.807, 2.05) is 6.07 Å². The zero-order valence-corrected chi connectivity index (χ0v) is 11.5. The Morgan fingerprint density at radius 1 is 1.47 bits per heavy atom. The van der Waals surface area contributed by atoms with Crippen molar-refractivity contribution in [1.82, 2.24) is 4.57 Å². The van der Waals surface area contributed by atoms with Crippen LogP contribution < -0.4 is 5.32 Å². The number of hydrogen-bond acceptors (Lipinski definition) is 2. The second-order valence-electron chi connectivity index (χ2n) is 3.92. The van der Waals surface area contributed by atoms with Crippen LogP contribution in [-0.2, 0) is 7.05 Å². The molecule has 0 aliphatic rings. The van der Waals surface area contributed by atoms with Gasteiger partial charge in [-0.25, -0.2) is 4.39 Å². The highest BCUT2D eigenvalue weighted by atomic mass is 79.9. The maximum Gasteiger partial charge on any atom is 0.272 e. The van der Waals surface area contributed by atoms with E-state index in [4.69, 9.17) is 5.26 Å². The molecule has 1 heterocycles. The Labute approximate surface area is 117 Å². The van der Waals surface area contributed by atoms with Crippen LogP contribution in [-0.4, -0.2) is 10.5 Å². The zero-order chi connectivity index (χ0) is 14.0. The Bertz CT molecular complexity index is 688. The third kappa shape index (κ3) is 2.83. The fourth-order valence-corrected chi connectivity index (χ4v) is 2.15. The van der Waals surface area contributed by atoms with Gasteiger partial charge in [0.1, 0.15) is 11.5 Å². The van der Waals surface area contributed by atoms with Gasteiger partial charge in [-0.15, -0.1) is 0 Å². The van der Waals surface area contributed by atoms with Gasteiger partial charge in [0.15, 0.2) is 0 Å². The van der Waals surface area contributed by atoms with Crippen LogP contribution in [0.3, 0.4) is 0 Å². The average Bonchev–Trinajstić information content (AvgIpc) is 2.71. The van der Waals surface area contributed by atoms with E-state index >= 15 is 0 Å². The molecule has 2 aromatic rings. The lowest BCUT2D eigenvalue weighted by Crippen LogP contribution is -2.16. The number of rotatable bonds is 2. The van der Waals surface area contributed by atoms with Crippen LogP contribution in [0.15, 0.2) is 34.9 Å². The molecule has 1 N–H and O–H groups in total. The predicted octanol–water partition coefficient (Wildman–Crippen LogP) is 3.05. The number of amides is 1. The number of benzene rings is 1. The van der Waals surface area contributed by atoms with Gasteiger partial charge in [-0.05, 0) is 40.2 Å². The van der Waals surface area contributed by atoms with Gasteiger partial charge in [0, 0.05) is 17.7 Å². The van der Waals surface area contributed by atoms with E-state index in [-0.39, 0.29) is 11.3 Å². The Hall–Kier alpha value is -2.13. The summed E-state index contributed by atoms with van der Waals surface area (Å²) < 4.78 is 16.0. The van der Waals surface area contributed by atoms with Crippen molar-refractivity contribution in [2.24, 2.45) is 7.05 Å². The van der Waals surface area contributed by atoms with Gasteiger partial charge >= 0.3 is 0 Å². The van der Waals surface area contributed by atoms with Crippen LogP contribution >= 0.6 is 15.9 Å². The molecule has 0 aliphatic heterocycles. The molecular formula is C13H9BrFN3O. The zero-order valence-electron chi connectivity index (χ0n) is 9.95. The van der Waals surface area contributed by atoms with Gasteiger partial charge in [0.25, 0.3) is 5.91 Å². The SMILES string of the molecule is Cn1cc(Br)cc1C(=O)Nc1ccc(C#N)cc1F. The van der Waals surface area contributed by atoms with Crippen LogP contribution in [0.4, 0.5) is 10.1 Å². The fourth-order valence-electron chi connectivity index (χ4n) is 1.62. The van der Waals surface area contributed by atoms with Crippen molar-refractivity contribution < 1.29 is 9.18 Å². The highest BCUT2D eigenvalue weighted by molar-refractivity contribution is 9.10. The van der Waals surface area contributed by atoms with E-state index in [1.165, 1.54) is 12.1 Å². The molecule has 0 fully saturated rings. The maximum atomic E-state index is 13.6. The van der Waals surface area contributed by atoms with Crippen molar-refractivity contribution in [3.63, 3.8) is 0 Å². The first-order valence-electron chi connectivity index (χ1n) is 5.34. The lowest BCUT2D eigenvalue weighted by atomic mass is 10.2. The van der Waals surface area contributed by atoms with Crippen LogP contribution in [0.25, 0.3) is 0 Å². The fraction of sp³-hybridized carbons (Fsp3) is 0.0769. The molecule has 6 heteroatoms. The van der Waals surface area contributed by atoms with Gasteiger partial charge in [-0.1, -0.05) is 0 Å². The monoisotopic (exact) mass is 321 g/mol. The van der Waals surface area contributed by atoms with Crippen LogP contribution in [0.2, 0.25) is 0 Å². The summed E-state index contributed by atoms with van der Waals surface area (Å²) in [5.41, 5.74) is 0.647. The van der Waals surface area contributed by atoms with Crippen LogP contribution in [0, 0.1) is 17.1 Å². The first-order valence-corrected chi connectivity index (χ1v) is 6.13. The Kier molecular flexibility index (Phi) is 3.67. The molecule has 0 aliphatic carbocycles. The third-order valence-electron chi connectivity index (χ3n) is 2.55. The number of nitrogens with zero attached hydrogens (tertiary/aromatic N) is 2. The predicted molar refractivity (Wildman–Crippen MR) is 72.2 cm³/mol. The number of carbonyl (C=O) groups is 1. The van der Waals surface area contributed by atoms with Crippen molar-refractivity contribution in [2.45, 2.75) is 0 Å². The van der Waals surface area contributed by atoms with Crippen molar-refractivity contribution >= 4 is 27.5 Å². The molecule has 19 heavy (non-hydrogen) atoms. The number of aryl methyl sites for hydroxylation is 1. The summed E-state index contributed by atoms with van der Waals surface area (Å²) in [5, 5.41) is 11.1. The van der Waals surface area contributed by atoms with Gasteiger partial charge in [0.05, 0.1) is 17.3 Å². The Balaban J connectivity index is 2.25. The highest BCUT2D eigenvalue weighted by Crippen LogP contribution is 2.18. The minimum atomic E-state index is -0.638. The van der Waals surface area contributed by atoms with Crippen molar-refractivity contribution in [2.75, 3.05) is 5.32 Å². The molecular weight excluding hydrogens is 313 g/mol. The molecule has 0 radical (unpaired) electrons. The second kappa shape index (κ2) is 5.24. The summed E-state index contributed by atoms with van der Waals surface area (Å²) in [7, 11) is 1.72. The summed E-state index contributed by atoms with van der Waals surface area (Å²) in [5.74, 6) is -1.06. The Morgan fingerprint density at radius 3 is 2.74 bits per heavy atom. The van der Waals surface area contributed by atoms with E-state index in [0.717, 1.165) is 10.5 Å². The molecule has 4 nitrogen and oxygen atoms in total. The normalized spacial score (nSPS) is 10.0. The molecule has 1 aromatic carbocycles. The van der Waals surface area contributed by atoms with Crippen molar-refractivity contribution in [3.05, 3.63) is 52.0 Å². The maximum absolute atomic E-state index is 13.6. The number of hydrogen-bond donors (Lipinski definition) is 1. The number of carbonyl (C=O) groups excluding carboxylic acids is 1. The van der Waals surface area contributed by atoms with Gasteiger partial charge in [-0.2, -0.15) is 5.26 Å². The third-order valence-corrected chi connectivity index (χ3v) is 2.98. The molecule has 0 bridgehead atoms. The lowest BCUT2D eigenvalue weighted by molar-refractivity contribution is 0.101. The largest absolute Gasteiger partial charge is 0.345 e. The number of nitriles is 1. The summed E-state index contributed by atoms with van der Waals surface area (Å²) in [6, 6.07) is 7.35. The average molecular weight is 322 g/mol.